The maximum Gasteiger partial charge on any atom is 0.282 e. The number of rotatable bonds is 4. The number of nitrogens with one attached hydrogen (secondary N) is 1. The highest BCUT2D eigenvalue weighted by Crippen LogP contribution is 2.17. The number of benzene rings is 1. The Labute approximate surface area is 109 Å². The lowest BCUT2D eigenvalue weighted by Crippen LogP contribution is -2.25. The van der Waals surface area contributed by atoms with E-state index in [0.29, 0.717) is 5.82 Å². The molecule has 0 bridgehead atoms. The Bertz CT molecular complexity index is 621. The summed E-state index contributed by atoms with van der Waals surface area (Å²) in [6, 6.07) is 5.83. The molecule has 0 radical (unpaired) electrons. The zero-order valence-corrected chi connectivity index (χ0v) is 10.2. The van der Waals surface area contributed by atoms with Crippen molar-refractivity contribution < 1.29 is 9.72 Å². The third kappa shape index (κ3) is 2.76. The van der Waals surface area contributed by atoms with Crippen LogP contribution in [0.15, 0.2) is 36.7 Å². The SMILES string of the molecule is Cn1ccnc1CNC(=O)c1ccccc1[N+](=O)[O-]. The number of nitro benzene ring substituents is 1. The number of hydrogen-bond donors (Lipinski definition) is 1. The van der Waals surface area contributed by atoms with Crippen LogP contribution in [0.25, 0.3) is 0 Å². The number of aryl methyl sites for hydroxylation is 1. The van der Waals surface area contributed by atoms with E-state index < -0.39 is 10.8 Å². The van der Waals surface area contributed by atoms with Crippen LogP contribution >= 0.6 is 0 Å². The quantitative estimate of drug-likeness (QED) is 0.661. The van der Waals surface area contributed by atoms with Crippen LogP contribution in [0.1, 0.15) is 16.2 Å². The molecule has 1 N–H and O–H groups in total. The number of imidazole rings is 1. The zero-order chi connectivity index (χ0) is 13.8. The van der Waals surface area contributed by atoms with Gasteiger partial charge in [0.15, 0.2) is 0 Å². The Morgan fingerprint density at radius 3 is 2.84 bits per heavy atom. The summed E-state index contributed by atoms with van der Waals surface area (Å²) in [5, 5.41) is 13.4. The molecule has 0 saturated heterocycles. The lowest BCUT2D eigenvalue weighted by molar-refractivity contribution is -0.385. The Morgan fingerprint density at radius 2 is 2.21 bits per heavy atom. The van der Waals surface area contributed by atoms with Crippen molar-refractivity contribution in [3.8, 4) is 0 Å². The van der Waals surface area contributed by atoms with Crippen molar-refractivity contribution in [1.82, 2.24) is 14.9 Å². The van der Waals surface area contributed by atoms with Gasteiger partial charge in [0.25, 0.3) is 11.6 Å². The van der Waals surface area contributed by atoms with Crippen LogP contribution in [0.2, 0.25) is 0 Å². The normalized spacial score (nSPS) is 10.2. The van der Waals surface area contributed by atoms with E-state index in [0.717, 1.165) is 0 Å². The average Bonchev–Trinajstić information content (AvgIpc) is 2.81. The molecule has 0 aliphatic heterocycles. The second-order valence-corrected chi connectivity index (χ2v) is 3.91. The number of nitrogens with zero attached hydrogens (tertiary/aromatic N) is 3. The Morgan fingerprint density at radius 1 is 1.47 bits per heavy atom. The third-order valence-corrected chi connectivity index (χ3v) is 2.67. The van der Waals surface area contributed by atoms with Gasteiger partial charge in [0, 0.05) is 25.5 Å². The van der Waals surface area contributed by atoms with Crippen molar-refractivity contribution in [2.75, 3.05) is 0 Å². The van der Waals surface area contributed by atoms with Gasteiger partial charge < -0.3 is 9.88 Å². The predicted octanol–water partition coefficient (Wildman–Crippen LogP) is 1.26. The van der Waals surface area contributed by atoms with E-state index in [1.807, 2.05) is 0 Å². The Balaban J connectivity index is 2.13. The van der Waals surface area contributed by atoms with E-state index in [2.05, 4.69) is 10.3 Å². The molecule has 19 heavy (non-hydrogen) atoms. The minimum atomic E-state index is -0.574. The monoisotopic (exact) mass is 260 g/mol. The fourth-order valence-corrected chi connectivity index (χ4v) is 1.65. The topological polar surface area (TPSA) is 90.1 Å². The molecule has 0 aliphatic carbocycles. The minimum absolute atomic E-state index is 0.0432. The molecule has 1 amide bonds. The first-order chi connectivity index (χ1) is 9.09. The van der Waals surface area contributed by atoms with Crippen molar-refractivity contribution in [1.29, 1.82) is 0 Å². The predicted molar refractivity (Wildman–Crippen MR) is 67.5 cm³/mol. The number of carbonyl (C=O) groups excluding carboxylic acids is 1. The summed E-state index contributed by atoms with van der Waals surface area (Å²) in [7, 11) is 1.81. The number of carbonyl (C=O) groups is 1. The van der Waals surface area contributed by atoms with Gasteiger partial charge in [-0.25, -0.2) is 4.98 Å². The fraction of sp³-hybridized carbons (Fsp3) is 0.167. The second kappa shape index (κ2) is 5.30. The second-order valence-electron chi connectivity index (χ2n) is 3.91. The lowest BCUT2D eigenvalue weighted by Gasteiger charge is -2.05. The molecule has 0 atom stereocenters. The van der Waals surface area contributed by atoms with Gasteiger partial charge >= 0.3 is 0 Å². The number of aromatic nitrogens is 2. The van der Waals surface area contributed by atoms with Crippen molar-refractivity contribution in [3.05, 3.63) is 58.2 Å². The van der Waals surface area contributed by atoms with Crippen molar-refractivity contribution in [2.45, 2.75) is 6.54 Å². The van der Waals surface area contributed by atoms with E-state index in [-0.39, 0.29) is 17.8 Å². The average molecular weight is 260 g/mol. The minimum Gasteiger partial charge on any atom is -0.345 e. The van der Waals surface area contributed by atoms with Gasteiger partial charge in [0.1, 0.15) is 11.4 Å². The summed E-state index contributed by atoms with van der Waals surface area (Å²) in [6.07, 6.45) is 3.37. The highest BCUT2D eigenvalue weighted by Gasteiger charge is 2.18. The lowest BCUT2D eigenvalue weighted by atomic mass is 10.1. The highest BCUT2D eigenvalue weighted by atomic mass is 16.6. The van der Waals surface area contributed by atoms with Crippen LogP contribution in [0.5, 0.6) is 0 Å². The maximum atomic E-state index is 11.9. The van der Waals surface area contributed by atoms with E-state index in [1.54, 1.807) is 30.1 Å². The summed E-state index contributed by atoms with van der Waals surface area (Å²) in [6.45, 7) is 0.217. The molecule has 1 heterocycles. The molecule has 0 saturated carbocycles. The van der Waals surface area contributed by atoms with Crippen LogP contribution in [-0.2, 0) is 13.6 Å². The van der Waals surface area contributed by atoms with Gasteiger partial charge in [-0.2, -0.15) is 0 Å². The molecule has 98 valence electrons. The number of hydrogen-bond acceptors (Lipinski definition) is 4. The van der Waals surface area contributed by atoms with E-state index >= 15 is 0 Å². The van der Waals surface area contributed by atoms with Gasteiger partial charge in [0.05, 0.1) is 11.5 Å². The highest BCUT2D eigenvalue weighted by molar-refractivity contribution is 5.97. The number of nitro groups is 1. The summed E-state index contributed by atoms with van der Waals surface area (Å²) >= 11 is 0. The largest absolute Gasteiger partial charge is 0.345 e. The zero-order valence-electron chi connectivity index (χ0n) is 10.2. The van der Waals surface area contributed by atoms with E-state index in [9.17, 15) is 14.9 Å². The standard InChI is InChI=1S/C12H12N4O3/c1-15-7-6-13-11(15)8-14-12(17)9-4-2-3-5-10(9)16(18)19/h2-7H,8H2,1H3,(H,14,17). The van der Waals surface area contributed by atoms with Crippen molar-refractivity contribution in [3.63, 3.8) is 0 Å². The van der Waals surface area contributed by atoms with E-state index in [4.69, 9.17) is 0 Å². The summed E-state index contributed by atoms with van der Waals surface area (Å²) in [4.78, 5) is 26.2. The van der Waals surface area contributed by atoms with Crippen molar-refractivity contribution >= 4 is 11.6 Å². The summed E-state index contributed by atoms with van der Waals surface area (Å²) in [5.41, 5.74) is -0.165. The van der Waals surface area contributed by atoms with Gasteiger partial charge in [0.2, 0.25) is 0 Å². The first-order valence-corrected chi connectivity index (χ1v) is 5.57. The molecule has 0 aliphatic rings. The Hall–Kier alpha value is -2.70. The van der Waals surface area contributed by atoms with E-state index in [1.165, 1.54) is 18.2 Å². The van der Waals surface area contributed by atoms with Crippen molar-refractivity contribution in [2.24, 2.45) is 7.05 Å². The van der Waals surface area contributed by atoms with Gasteiger partial charge in [-0.1, -0.05) is 12.1 Å². The molecule has 2 rings (SSSR count). The molecular formula is C12H12N4O3. The van der Waals surface area contributed by atoms with Crippen LogP contribution in [0, 0.1) is 10.1 Å². The van der Waals surface area contributed by atoms with Crippen LogP contribution in [0.3, 0.4) is 0 Å². The molecular weight excluding hydrogens is 248 g/mol. The molecule has 0 unspecified atom stereocenters. The maximum absolute atomic E-state index is 11.9. The fourth-order valence-electron chi connectivity index (χ4n) is 1.65. The smallest absolute Gasteiger partial charge is 0.282 e. The Kier molecular flexibility index (Phi) is 3.56. The summed E-state index contributed by atoms with van der Waals surface area (Å²) in [5.74, 6) is 0.183. The van der Waals surface area contributed by atoms with Crippen LogP contribution < -0.4 is 5.32 Å². The summed E-state index contributed by atoms with van der Waals surface area (Å²) < 4.78 is 1.76. The molecule has 0 spiro atoms. The molecule has 1 aromatic heterocycles. The number of para-hydroxylation sites is 1. The van der Waals surface area contributed by atoms with Crippen LogP contribution in [0.4, 0.5) is 5.69 Å². The van der Waals surface area contributed by atoms with Gasteiger partial charge in [-0.15, -0.1) is 0 Å². The number of amides is 1. The third-order valence-electron chi connectivity index (χ3n) is 2.67. The molecule has 7 nitrogen and oxygen atoms in total. The first-order valence-electron chi connectivity index (χ1n) is 5.57. The first kappa shape index (κ1) is 12.7. The molecule has 2 aromatic rings. The van der Waals surface area contributed by atoms with Gasteiger partial charge in [-0.05, 0) is 6.07 Å². The molecule has 7 heteroatoms. The molecule has 1 aromatic carbocycles. The van der Waals surface area contributed by atoms with Crippen LogP contribution in [-0.4, -0.2) is 20.4 Å². The molecule has 0 fully saturated rings. The van der Waals surface area contributed by atoms with Gasteiger partial charge in [-0.3, -0.25) is 14.9 Å².